The van der Waals surface area contributed by atoms with Crippen LogP contribution in [0.4, 0.5) is 13.9 Å². The molecule has 0 bridgehead atoms. The number of carbonyl (C=O) groups excluding carboxylic acids is 1. The summed E-state index contributed by atoms with van der Waals surface area (Å²) in [5.74, 6) is -1.94. The van der Waals surface area contributed by atoms with Gasteiger partial charge in [0, 0.05) is 28.9 Å². The molecule has 3 heterocycles. The molecule has 0 aliphatic carbocycles. The molecule has 4 rings (SSSR count). The van der Waals surface area contributed by atoms with Crippen LogP contribution >= 0.6 is 22.7 Å². The van der Waals surface area contributed by atoms with E-state index in [-0.39, 0.29) is 5.91 Å². The summed E-state index contributed by atoms with van der Waals surface area (Å²) in [4.78, 5) is 20.1. The lowest BCUT2D eigenvalue weighted by atomic mass is 10.1. The Bertz CT molecular complexity index is 954. The van der Waals surface area contributed by atoms with Gasteiger partial charge in [-0.3, -0.25) is 9.69 Å². The molecular formula is C18H15F2N3OS2. The summed E-state index contributed by atoms with van der Waals surface area (Å²) in [5.41, 5.74) is 2.27. The molecule has 1 aromatic carbocycles. The van der Waals surface area contributed by atoms with Crippen LogP contribution in [0.2, 0.25) is 0 Å². The largest absolute Gasteiger partial charge is 0.301 e. The van der Waals surface area contributed by atoms with Crippen molar-refractivity contribution in [3.05, 3.63) is 57.1 Å². The molecule has 0 radical (unpaired) electrons. The second-order valence-electron chi connectivity index (χ2n) is 6.04. The number of fused-ring (bicyclic) bond motifs is 1. The van der Waals surface area contributed by atoms with Crippen LogP contribution < -0.4 is 5.32 Å². The first-order chi connectivity index (χ1) is 12.6. The van der Waals surface area contributed by atoms with Crippen molar-refractivity contribution in [3.8, 4) is 11.3 Å². The molecule has 0 fully saturated rings. The van der Waals surface area contributed by atoms with E-state index in [2.05, 4.69) is 26.6 Å². The van der Waals surface area contributed by atoms with Gasteiger partial charge in [0.05, 0.1) is 12.2 Å². The highest BCUT2D eigenvalue weighted by Crippen LogP contribution is 2.27. The van der Waals surface area contributed by atoms with Gasteiger partial charge in [-0.05, 0) is 41.6 Å². The van der Waals surface area contributed by atoms with E-state index in [4.69, 9.17) is 0 Å². The summed E-state index contributed by atoms with van der Waals surface area (Å²) in [6.07, 6.45) is 0.970. The van der Waals surface area contributed by atoms with E-state index < -0.39 is 11.6 Å². The summed E-state index contributed by atoms with van der Waals surface area (Å²) < 4.78 is 26.4. The van der Waals surface area contributed by atoms with E-state index in [0.29, 0.717) is 22.9 Å². The van der Waals surface area contributed by atoms with E-state index in [0.717, 1.165) is 31.6 Å². The van der Waals surface area contributed by atoms with Crippen LogP contribution in [-0.2, 0) is 17.8 Å². The lowest BCUT2D eigenvalue weighted by Crippen LogP contribution is -2.36. The third-order valence-corrected chi connectivity index (χ3v) is 6.00. The monoisotopic (exact) mass is 391 g/mol. The van der Waals surface area contributed by atoms with Gasteiger partial charge in [-0.1, -0.05) is 0 Å². The van der Waals surface area contributed by atoms with Crippen molar-refractivity contribution in [2.24, 2.45) is 0 Å². The minimum atomic E-state index is -0.918. The van der Waals surface area contributed by atoms with Gasteiger partial charge in [-0.15, -0.1) is 22.7 Å². The average Bonchev–Trinajstić information content (AvgIpc) is 3.26. The highest BCUT2D eigenvalue weighted by atomic mass is 32.1. The fourth-order valence-corrected chi connectivity index (χ4v) is 4.55. The number of nitrogens with one attached hydrogen (secondary N) is 1. The second-order valence-corrected chi connectivity index (χ2v) is 7.90. The fourth-order valence-electron chi connectivity index (χ4n) is 2.92. The zero-order valence-electron chi connectivity index (χ0n) is 13.7. The summed E-state index contributed by atoms with van der Waals surface area (Å²) in [6.45, 7) is 1.94. The number of thiazole rings is 1. The van der Waals surface area contributed by atoms with Crippen LogP contribution in [0.3, 0.4) is 0 Å². The quantitative estimate of drug-likeness (QED) is 0.727. The Morgan fingerprint density at radius 3 is 2.96 bits per heavy atom. The third-order valence-electron chi connectivity index (χ3n) is 4.22. The molecule has 1 amide bonds. The first-order valence-electron chi connectivity index (χ1n) is 8.07. The Labute approximate surface area is 157 Å². The molecule has 0 unspecified atom stereocenters. The molecule has 0 spiro atoms. The maximum atomic E-state index is 13.4. The Morgan fingerprint density at radius 2 is 2.12 bits per heavy atom. The second kappa shape index (κ2) is 7.22. The Hall–Kier alpha value is -2.16. The standard InChI is InChI=1S/C18H15F2N3OS2/c19-13-2-1-11(7-14(13)20)15-10-26-18(21-15)22-17(24)9-23-5-3-16-12(8-23)4-6-25-16/h1-2,4,6-7,10H,3,5,8-9H2,(H,21,22,24). The lowest BCUT2D eigenvalue weighted by Gasteiger charge is -2.25. The van der Waals surface area contributed by atoms with Crippen LogP contribution in [-0.4, -0.2) is 28.9 Å². The van der Waals surface area contributed by atoms with Crippen molar-refractivity contribution >= 4 is 33.7 Å². The van der Waals surface area contributed by atoms with Crippen molar-refractivity contribution in [1.29, 1.82) is 0 Å². The third kappa shape index (κ3) is 3.67. The van der Waals surface area contributed by atoms with Gasteiger partial charge in [0.1, 0.15) is 0 Å². The van der Waals surface area contributed by atoms with Gasteiger partial charge in [0.2, 0.25) is 5.91 Å². The number of hydrogen-bond donors (Lipinski definition) is 1. The molecule has 134 valence electrons. The molecule has 0 saturated heterocycles. The molecule has 3 aromatic rings. The molecule has 1 N–H and O–H groups in total. The van der Waals surface area contributed by atoms with Gasteiger partial charge < -0.3 is 5.32 Å². The number of hydrogen-bond acceptors (Lipinski definition) is 5. The van der Waals surface area contributed by atoms with Gasteiger partial charge >= 0.3 is 0 Å². The first kappa shape index (κ1) is 17.3. The zero-order chi connectivity index (χ0) is 18.1. The Kier molecular flexibility index (Phi) is 4.80. The summed E-state index contributed by atoms with van der Waals surface area (Å²) in [7, 11) is 0. The van der Waals surface area contributed by atoms with Crippen LogP contribution in [0, 0.1) is 11.6 Å². The highest BCUT2D eigenvalue weighted by Gasteiger charge is 2.19. The summed E-state index contributed by atoms with van der Waals surface area (Å²) in [5, 5.41) is 7.03. The minimum absolute atomic E-state index is 0.130. The number of rotatable bonds is 4. The lowest BCUT2D eigenvalue weighted by molar-refractivity contribution is -0.117. The van der Waals surface area contributed by atoms with E-state index in [1.165, 1.54) is 27.8 Å². The molecule has 4 nitrogen and oxygen atoms in total. The number of amides is 1. The number of anilines is 1. The Balaban J connectivity index is 1.38. The van der Waals surface area contributed by atoms with Gasteiger partial charge in [0.25, 0.3) is 0 Å². The van der Waals surface area contributed by atoms with Gasteiger partial charge in [0.15, 0.2) is 16.8 Å². The average molecular weight is 391 g/mol. The Morgan fingerprint density at radius 1 is 1.23 bits per heavy atom. The number of carbonyl (C=O) groups is 1. The number of benzene rings is 1. The smallest absolute Gasteiger partial charge is 0.240 e. The SMILES string of the molecule is O=C(CN1CCc2sccc2C1)Nc1nc(-c2ccc(F)c(F)c2)cs1. The molecule has 1 aliphatic heterocycles. The summed E-state index contributed by atoms with van der Waals surface area (Å²) in [6, 6.07) is 5.74. The number of halogens is 2. The maximum absolute atomic E-state index is 13.4. The van der Waals surface area contributed by atoms with E-state index in [1.807, 2.05) is 0 Å². The molecule has 0 saturated carbocycles. The first-order valence-corrected chi connectivity index (χ1v) is 9.83. The molecule has 0 atom stereocenters. The minimum Gasteiger partial charge on any atom is -0.301 e. The van der Waals surface area contributed by atoms with Gasteiger partial charge in [-0.2, -0.15) is 0 Å². The topological polar surface area (TPSA) is 45.2 Å². The van der Waals surface area contributed by atoms with Crippen LogP contribution in [0.15, 0.2) is 35.0 Å². The number of thiophene rings is 1. The number of nitrogens with zero attached hydrogens (tertiary/aromatic N) is 2. The zero-order valence-corrected chi connectivity index (χ0v) is 15.3. The summed E-state index contributed by atoms with van der Waals surface area (Å²) >= 11 is 3.02. The molecule has 2 aromatic heterocycles. The maximum Gasteiger partial charge on any atom is 0.240 e. The van der Waals surface area contributed by atoms with E-state index >= 15 is 0 Å². The van der Waals surface area contributed by atoms with Crippen LogP contribution in [0.1, 0.15) is 10.4 Å². The van der Waals surface area contributed by atoms with E-state index in [9.17, 15) is 13.6 Å². The van der Waals surface area contributed by atoms with E-state index in [1.54, 1.807) is 16.7 Å². The molecule has 26 heavy (non-hydrogen) atoms. The predicted molar refractivity (Wildman–Crippen MR) is 99.4 cm³/mol. The fraction of sp³-hybridized carbons (Fsp3) is 0.222. The van der Waals surface area contributed by atoms with Crippen molar-refractivity contribution in [3.63, 3.8) is 0 Å². The normalized spacial score (nSPS) is 14.2. The van der Waals surface area contributed by atoms with Crippen LogP contribution in [0.25, 0.3) is 11.3 Å². The van der Waals surface area contributed by atoms with Crippen molar-refractivity contribution in [2.45, 2.75) is 13.0 Å². The molecule has 8 heteroatoms. The van der Waals surface area contributed by atoms with Crippen molar-refractivity contribution in [2.75, 3.05) is 18.4 Å². The van der Waals surface area contributed by atoms with Crippen LogP contribution in [0.5, 0.6) is 0 Å². The molecular weight excluding hydrogens is 376 g/mol. The van der Waals surface area contributed by atoms with Crippen molar-refractivity contribution < 1.29 is 13.6 Å². The number of aromatic nitrogens is 1. The molecule has 1 aliphatic rings. The highest BCUT2D eigenvalue weighted by molar-refractivity contribution is 7.14. The predicted octanol–water partition coefficient (Wildman–Crippen LogP) is 4.15. The van der Waals surface area contributed by atoms with Crippen molar-refractivity contribution in [1.82, 2.24) is 9.88 Å². The van der Waals surface area contributed by atoms with Gasteiger partial charge in [-0.25, -0.2) is 13.8 Å².